The molecule has 0 amide bonds. The van der Waals surface area contributed by atoms with Gasteiger partial charge in [0.25, 0.3) is 5.69 Å². The first-order chi connectivity index (χ1) is 7.02. The van der Waals surface area contributed by atoms with Gasteiger partial charge < -0.3 is 5.11 Å². The molecule has 4 nitrogen and oxygen atoms in total. The van der Waals surface area contributed by atoms with E-state index in [-0.39, 0.29) is 16.7 Å². The fraction of sp³-hybridized carbons (Fsp3) is 0.455. The van der Waals surface area contributed by atoms with Crippen molar-refractivity contribution in [2.75, 3.05) is 0 Å². The highest BCUT2D eigenvalue weighted by atomic mass is 16.6. The van der Waals surface area contributed by atoms with Gasteiger partial charge in [0.15, 0.2) is 0 Å². The fourth-order valence-corrected chi connectivity index (χ4v) is 1.50. The molecule has 1 N–H and O–H groups in total. The quantitative estimate of drug-likeness (QED) is 0.610. The summed E-state index contributed by atoms with van der Waals surface area (Å²) < 4.78 is 0. The molecule has 0 aromatic heterocycles. The van der Waals surface area contributed by atoms with Gasteiger partial charge in [-0.05, 0) is 32.3 Å². The molecule has 1 atom stereocenters. The fourth-order valence-electron chi connectivity index (χ4n) is 1.50. The molecule has 0 bridgehead atoms. The van der Waals surface area contributed by atoms with Crippen molar-refractivity contribution >= 4 is 5.69 Å². The average Bonchev–Trinajstić information content (AvgIpc) is 2.15. The predicted molar refractivity (Wildman–Crippen MR) is 57.8 cm³/mol. The van der Waals surface area contributed by atoms with E-state index in [0.717, 1.165) is 5.56 Å². The summed E-state index contributed by atoms with van der Waals surface area (Å²) in [6.45, 7) is 3.46. The number of aryl methyl sites for hydroxylation is 1. The standard InChI is InChI=1S/C11H15NO3/c1-8(13)6-7-10-4-3-5-11(9(10)2)12(14)15/h3-5,8,13H,6-7H2,1-2H3. The van der Waals surface area contributed by atoms with Crippen LogP contribution in [0.5, 0.6) is 0 Å². The predicted octanol–water partition coefficient (Wildman–Crippen LogP) is 2.22. The molecule has 0 aliphatic carbocycles. The van der Waals surface area contributed by atoms with Crippen molar-refractivity contribution in [3.8, 4) is 0 Å². The Kier molecular flexibility index (Phi) is 3.80. The molecule has 1 unspecified atom stereocenters. The summed E-state index contributed by atoms with van der Waals surface area (Å²) in [6, 6.07) is 5.05. The van der Waals surface area contributed by atoms with Gasteiger partial charge >= 0.3 is 0 Å². The molecule has 0 spiro atoms. The third-order valence-electron chi connectivity index (χ3n) is 2.45. The molecule has 0 saturated heterocycles. The van der Waals surface area contributed by atoms with E-state index < -0.39 is 0 Å². The number of rotatable bonds is 4. The maximum atomic E-state index is 10.7. The van der Waals surface area contributed by atoms with Crippen LogP contribution in [-0.4, -0.2) is 16.1 Å². The van der Waals surface area contributed by atoms with E-state index in [4.69, 9.17) is 5.11 Å². The number of aliphatic hydroxyl groups excluding tert-OH is 1. The number of nitrogens with zero attached hydrogens (tertiary/aromatic N) is 1. The molecule has 0 aliphatic heterocycles. The van der Waals surface area contributed by atoms with Gasteiger partial charge in [0.05, 0.1) is 11.0 Å². The zero-order valence-electron chi connectivity index (χ0n) is 8.93. The van der Waals surface area contributed by atoms with Crippen molar-refractivity contribution < 1.29 is 10.0 Å². The molecule has 1 rings (SSSR count). The van der Waals surface area contributed by atoms with E-state index in [9.17, 15) is 10.1 Å². The molecular weight excluding hydrogens is 194 g/mol. The van der Waals surface area contributed by atoms with Crippen molar-refractivity contribution in [2.45, 2.75) is 32.8 Å². The monoisotopic (exact) mass is 209 g/mol. The van der Waals surface area contributed by atoms with Gasteiger partial charge in [-0.1, -0.05) is 12.1 Å². The van der Waals surface area contributed by atoms with Crippen LogP contribution in [-0.2, 0) is 6.42 Å². The summed E-state index contributed by atoms with van der Waals surface area (Å²) in [6.07, 6.45) is 0.927. The molecule has 0 heterocycles. The van der Waals surface area contributed by atoms with E-state index in [2.05, 4.69) is 0 Å². The third kappa shape index (κ3) is 3.02. The lowest BCUT2D eigenvalue weighted by molar-refractivity contribution is -0.385. The van der Waals surface area contributed by atoms with Crippen LogP contribution < -0.4 is 0 Å². The van der Waals surface area contributed by atoms with Gasteiger partial charge in [-0.3, -0.25) is 10.1 Å². The van der Waals surface area contributed by atoms with E-state index in [1.165, 1.54) is 6.07 Å². The van der Waals surface area contributed by atoms with E-state index in [1.807, 2.05) is 6.07 Å². The third-order valence-corrected chi connectivity index (χ3v) is 2.45. The zero-order valence-corrected chi connectivity index (χ0v) is 8.93. The Morgan fingerprint density at radius 2 is 2.20 bits per heavy atom. The second kappa shape index (κ2) is 4.89. The Hall–Kier alpha value is -1.42. The van der Waals surface area contributed by atoms with Crippen LogP contribution in [0.2, 0.25) is 0 Å². The van der Waals surface area contributed by atoms with E-state index >= 15 is 0 Å². The lowest BCUT2D eigenvalue weighted by atomic mass is 10.0. The average molecular weight is 209 g/mol. The summed E-state index contributed by atoms with van der Waals surface area (Å²) in [4.78, 5) is 10.3. The number of hydrogen-bond acceptors (Lipinski definition) is 3. The molecule has 15 heavy (non-hydrogen) atoms. The number of aliphatic hydroxyl groups is 1. The first-order valence-corrected chi connectivity index (χ1v) is 4.93. The highest BCUT2D eigenvalue weighted by molar-refractivity contribution is 5.44. The minimum atomic E-state index is -0.374. The van der Waals surface area contributed by atoms with Crippen molar-refractivity contribution in [2.24, 2.45) is 0 Å². The van der Waals surface area contributed by atoms with Crippen LogP contribution >= 0.6 is 0 Å². The number of benzene rings is 1. The number of nitro benzene ring substituents is 1. The lowest BCUT2D eigenvalue weighted by Gasteiger charge is -2.07. The largest absolute Gasteiger partial charge is 0.393 e. The van der Waals surface area contributed by atoms with Crippen LogP contribution in [0.15, 0.2) is 18.2 Å². The molecule has 1 aromatic rings. The molecule has 82 valence electrons. The van der Waals surface area contributed by atoms with Crippen molar-refractivity contribution in [3.63, 3.8) is 0 Å². The summed E-state index contributed by atoms with van der Waals surface area (Å²) in [7, 11) is 0. The van der Waals surface area contributed by atoms with Crippen LogP contribution in [0.4, 0.5) is 5.69 Å². The van der Waals surface area contributed by atoms with Crippen molar-refractivity contribution in [3.05, 3.63) is 39.4 Å². The van der Waals surface area contributed by atoms with Gasteiger partial charge in [-0.15, -0.1) is 0 Å². The molecule has 0 radical (unpaired) electrons. The first kappa shape index (κ1) is 11.7. The molecular formula is C11H15NO3. The maximum Gasteiger partial charge on any atom is 0.272 e. The van der Waals surface area contributed by atoms with Crippen LogP contribution in [0.3, 0.4) is 0 Å². The second-order valence-corrected chi connectivity index (χ2v) is 3.71. The summed E-state index contributed by atoms with van der Waals surface area (Å²) >= 11 is 0. The Morgan fingerprint density at radius 1 is 1.53 bits per heavy atom. The SMILES string of the molecule is Cc1c(CCC(C)O)cccc1[N+](=O)[O-]. The molecule has 0 fully saturated rings. The summed E-state index contributed by atoms with van der Waals surface area (Å²) in [5, 5.41) is 19.8. The second-order valence-electron chi connectivity index (χ2n) is 3.71. The maximum absolute atomic E-state index is 10.7. The van der Waals surface area contributed by atoms with Gasteiger partial charge in [0, 0.05) is 11.6 Å². The van der Waals surface area contributed by atoms with Crippen LogP contribution in [0.25, 0.3) is 0 Å². The number of hydrogen-bond donors (Lipinski definition) is 1. The number of nitro groups is 1. The summed E-state index contributed by atoms with van der Waals surface area (Å²) in [5.41, 5.74) is 1.78. The van der Waals surface area contributed by atoms with Gasteiger partial charge in [-0.25, -0.2) is 0 Å². The molecule has 4 heteroatoms. The van der Waals surface area contributed by atoms with Crippen LogP contribution in [0, 0.1) is 17.0 Å². The summed E-state index contributed by atoms with van der Waals surface area (Å²) in [5.74, 6) is 0. The Balaban J connectivity index is 2.89. The van der Waals surface area contributed by atoms with Gasteiger partial charge in [-0.2, -0.15) is 0 Å². The molecule has 1 aromatic carbocycles. The Morgan fingerprint density at radius 3 is 2.73 bits per heavy atom. The minimum Gasteiger partial charge on any atom is -0.393 e. The van der Waals surface area contributed by atoms with E-state index in [1.54, 1.807) is 19.9 Å². The van der Waals surface area contributed by atoms with Crippen LogP contribution in [0.1, 0.15) is 24.5 Å². The Bertz CT molecular complexity index is 361. The van der Waals surface area contributed by atoms with Gasteiger partial charge in [0.1, 0.15) is 0 Å². The van der Waals surface area contributed by atoms with Crippen molar-refractivity contribution in [1.29, 1.82) is 0 Å². The van der Waals surface area contributed by atoms with Crippen molar-refractivity contribution in [1.82, 2.24) is 0 Å². The normalized spacial score (nSPS) is 12.5. The van der Waals surface area contributed by atoms with E-state index in [0.29, 0.717) is 18.4 Å². The minimum absolute atomic E-state index is 0.151. The lowest BCUT2D eigenvalue weighted by Crippen LogP contribution is -2.03. The van der Waals surface area contributed by atoms with Gasteiger partial charge in [0.2, 0.25) is 0 Å². The topological polar surface area (TPSA) is 63.4 Å². The molecule has 0 saturated carbocycles. The Labute approximate surface area is 88.7 Å². The highest BCUT2D eigenvalue weighted by Gasteiger charge is 2.12. The first-order valence-electron chi connectivity index (χ1n) is 4.93. The highest BCUT2D eigenvalue weighted by Crippen LogP contribution is 2.22. The zero-order chi connectivity index (χ0) is 11.4. The molecule has 0 aliphatic rings. The smallest absolute Gasteiger partial charge is 0.272 e.